The molecule has 1 atom stereocenters. The summed E-state index contributed by atoms with van der Waals surface area (Å²) >= 11 is 0. The van der Waals surface area contributed by atoms with E-state index in [4.69, 9.17) is 4.74 Å². The number of carbonyl (C=O) groups is 1. The number of likely N-dealkylation sites (N-methyl/N-ethyl adjacent to an activating group) is 1. The number of hydrogen-bond acceptors (Lipinski definition) is 3. The van der Waals surface area contributed by atoms with Crippen LogP contribution in [0.4, 0.5) is 4.79 Å². The Kier molecular flexibility index (Phi) is 4.59. The van der Waals surface area contributed by atoms with Crippen LogP contribution in [0.3, 0.4) is 0 Å². The molecule has 1 amide bonds. The van der Waals surface area contributed by atoms with Crippen molar-refractivity contribution in [1.29, 1.82) is 0 Å². The molecule has 0 bridgehead atoms. The fourth-order valence-corrected chi connectivity index (χ4v) is 1.47. The first kappa shape index (κ1) is 12.0. The molecular weight excluding hydrogens is 192 g/mol. The number of rotatable bonds is 6. The average molecular weight is 212 g/mol. The zero-order chi connectivity index (χ0) is 11.3. The number of aliphatic imine (C=N–C) groups is 1. The van der Waals surface area contributed by atoms with Crippen molar-refractivity contribution in [1.82, 2.24) is 4.90 Å². The SMILES string of the molecule is C=NCCN(CC)C(=O)OC(C)C1CC1. The van der Waals surface area contributed by atoms with Crippen LogP contribution in [-0.2, 0) is 4.74 Å². The molecule has 4 nitrogen and oxygen atoms in total. The highest BCUT2D eigenvalue weighted by atomic mass is 16.6. The van der Waals surface area contributed by atoms with Gasteiger partial charge in [0.2, 0.25) is 0 Å². The molecule has 0 aromatic carbocycles. The van der Waals surface area contributed by atoms with Crippen LogP contribution in [0.25, 0.3) is 0 Å². The fourth-order valence-electron chi connectivity index (χ4n) is 1.47. The molecule has 1 rings (SSSR count). The Hall–Kier alpha value is -1.06. The van der Waals surface area contributed by atoms with E-state index in [-0.39, 0.29) is 12.2 Å². The average Bonchev–Trinajstić information content (AvgIpc) is 3.02. The normalized spacial score (nSPS) is 16.9. The van der Waals surface area contributed by atoms with Crippen LogP contribution in [-0.4, -0.2) is 43.4 Å². The van der Waals surface area contributed by atoms with Crippen LogP contribution in [0, 0.1) is 5.92 Å². The van der Waals surface area contributed by atoms with Crippen LogP contribution >= 0.6 is 0 Å². The lowest BCUT2D eigenvalue weighted by Gasteiger charge is -2.22. The van der Waals surface area contributed by atoms with E-state index in [1.807, 2.05) is 13.8 Å². The summed E-state index contributed by atoms with van der Waals surface area (Å²) in [5.74, 6) is 0.588. The Bertz CT molecular complexity index is 227. The molecule has 0 aromatic heterocycles. The van der Waals surface area contributed by atoms with Gasteiger partial charge in [-0.2, -0.15) is 0 Å². The first-order valence-corrected chi connectivity index (χ1v) is 5.57. The van der Waals surface area contributed by atoms with Crippen molar-refractivity contribution in [3.63, 3.8) is 0 Å². The Morgan fingerprint density at radius 1 is 1.67 bits per heavy atom. The second kappa shape index (κ2) is 5.73. The monoisotopic (exact) mass is 212 g/mol. The minimum Gasteiger partial charge on any atom is -0.446 e. The lowest BCUT2D eigenvalue weighted by molar-refractivity contribution is 0.0632. The Morgan fingerprint density at radius 3 is 2.80 bits per heavy atom. The predicted octanol–water partition coefficient (Wildman–Crippen LogP) is 1.94. The maximum absolute atomic E-state index is 11.7. The molecule has 86 valence electrons. The van der Waals surface area contributed by atoms with Crippen LogP contribution in [0.5, 0.6) is 0 Å². The van der Waals surface area contributed by atoms with Crippen molar-refractivity contribution < 1.29 is 9.53 Å². The Balaban J connectivity index is 2.30. The van der Waals surface area contributed by atoms with Gasteiger partial charge in [-0.25, -0.2) is 4.79 Å². The molecule has 0 radical (unpaired) electrons. The Labute approximate surface area is 91.3 Å². The summed E-state index contributed by atoms with van der Waals surface area (Å²) < 4.78 is 5.35. The first-order valence-electron chi connectivity index (χ1n) is 5.57. The lowest BCUT2D eigenvalue weighted by atomic mass is 10.3. The largest absolute Gasteiger partial charge is 0.446 e. The maximum atomic E-state index is 11.7. The van der Waals surface area contributed by atoms with Gasteiger partial charge in [0.1, 0.15) is 6.10 Å². The summed E-state index contributed by atoms with van der Waals surface area (Å²) in [7, 11) is 0. The Morgan fingerprint density at radius 2 is 2.33 bits per heavy atom. The quantitative estimate of drug-likeness (QED) is 0.631. The summed E-state index contributed by atoms with van der Waals surface area (Å²) in [5, 5.41) is 0. The second-order valence-electron chi connectivity index (χ2n) is 3.95. The highest BCUT2D eigenvalue weighted by Crippen LogP contribution is 2.34. The van der Waals surface area contributed by atoms with Gasteiger partial charge in [0.15, 0.2) is 0 Å². The summed E-state index contributed by atoms with van der Waals surface area (Å²) in [6, 6.07) is 0. The van der Waals surface area contributed by atoms with Crippen molar-refractivity contribution in [2.24, 2.45) is 10.9 Å². The van der Waals surface area contributed by atoms with Crippen LogP contribution < -0.4 is 0 Å². The standard InChI is InChI=1S/C11H20N2O2/c1-4-13(8-7-12-3)11(14)15-9(2)10-5-6-10/h9-10H,3-8H2,1-2H3. The number of amides is 1. The molecular formula is C11H20N2O2. The number of carbonyl (C=O) groups excluding carboxylic acids is 1. The van der Waals surface area contributed by atoms with Crippen molar-refractivity contribution in [2.75, 3.05) is 19.6 Å². The summed E-state index contributed by atoms with van der Waals surface area (Å²) in [4.78, 5) is 17.1. The summed E-state index contributed by atoms with van der Waals surface area (Å²) in [5.41, 5.74) is 0. The van der Waals surface area contributed by atoms with E-state index >= 15 is 0 Å². The summed E-state index contributed by atoms with van der Waals surface area (Å²) in [6.07, 6.45) is 2.22. The molecule has 0 aromatic rings. The molecule has 0 N–H and O–H groups in total. The lowest BCUT2D eigenvalue weighted by Crippen LogP contribution is -2.35. The van der Waals surface area contributed by atoms with Crippen molar-refractivity contribution in [3.8, 4) is 0 Å². The smallest absolute Gasteiger partial charge is 0.410 e. The molecule has 1 aliphatic rings. The van der Waals surface area contributed by atoms with Crippen LogP contribution in [0.2, 0.25) is 0 Å². The van der Waals surface area contributed by atoms with E-state index in [0.717, 1.165) is 0 Å². The minimum absolute atomic E-state index is 0.0586. The zero-order valence-electron chi connectivity index (χ0n) is 9.61. The topological polar surface area (TPSA) is 41.9 Å². The van der Waals surface area contributed by atoms with Crippen molar-refractivity contribution in [2.45, 2.75) is 32.8 Å². The van der Waals surface area contributed by atoms with Gasteiger partial charge in [-0.15, -0.1) is 0 Å². The third-order valence-electron chi connectivity index (χ3n) is 2.74. The van der Waals surface area contributed by atoms with E-state index in [1.54, 1.807) is 4.90 Å². The molecule has 1 fully saturated rings. The number of hydrogen-bond donors (Lipinski definition) is 0. The van der Waals surface area contributed by atoms with Gasteiger partial charge in [0.05, 0.1) is 6.54 Å². The third kappa shape index (κ3) is 3.90. The first-order chi connectivity index (χ1) is 7.19. The van der Waals surface area contributed by atoms with Gasteiger partial charge < -0.3 is 9.64 Å². The predicted molar refractivity (Wildman–Crippen MR) is 60.3 cm³/mol. The molecule has 1 aliphatic carbocycles. The highest BCUT2D eigenvalue weighted by Gasteiger charge is 2.31. The third-order valence-corrected chi connectivity index (χ3v) is 2.74. The van der Waals surface area contributed by atoms with Crippen LogP contribution in [0.15, 0.2) is 4.99 Å². The van der Waals surface area contributed by atoms with Crippen LogP contribution in [0.1, 0.15) is 26.7 Å². The number of ether oxygens (including phenoxy) is 1. The van der Waals surface area contributed by atoms with E-state index in [9.17, 15) is 4.79 Å². The fraction of sp³-hybridized carbons (Fsp3) is 0.818. The molecule has 0 heterocycles. The second-order valence-corrected chi connectivity index (χ2v) is 3.95. The van der Waals surface area contributed by atoms with Crippen molar-refractivity contribution >= 4 is 12.8 Å². The molecule has 4 heteroatoms. The number of nitrogens with zero attached hydrogens (tertiary/aromatic N) is 2. The van der Waals surface area contributed by atoms with E-state index < -0.39 is 0 Å². The molecule has 15 heavy (non-hydrogen) atoms. The van der Waals surface area contributed by atoms with Gasteiger partial charge in [-0.1, -0.05) is 0 Å². The van der Waals surface area contributed by atoms with Gasteiger partial charge in [0.25, 0.3) is 0 Å². The maximum Gasteiger partial charge on any atom is 0.410 e. The molecule has 0 spiro atoms. The van der Waals surface area contributed by atoms with Gasteiger partial charge >= 0.3 is 6.09 Å². The minimum atomic E-state index is -0.222. The summed E-state index contributed by atoms with van der Waals surface area (Å²) in [6.45, 7) is 9.12. The van der Waals surface area contributed by atoms with Gasteiger partial charge in [0, 0.05) is 13.1 Å². The zero-order valence-corrected chi connectivity index (χ0v) is 9.61. The van der Waals surface area contributed by atoms with Gasteiger partial charge in [-0.3, -0.25) is 4.99 Å². The van der Waals surface area contributed by atoms with Crippen molar-refractivity contribution in [3.05, 3.63) is 0 Å². The van der Waals surface area contributed by atoms with E-state index in [2.05, 4.69) is 11.7 Å². The highest BCUT2D eigenvalue weighted by molar-refractivity contribution is 5.67. The molecule has 0 saturated heterocycles. The van der Waals surface area contributed by atoms with E-state index in [1.165, 1.54) is 12.8 Å². The molecule has 1 unspecified atom stereocenters. The van der Waals surface area contributed by atoms with Gasteiger partial charge in [-0.05, 0) is 39.3 Å². The molecule has 0 aliphatic heterocycles. The molecule has 1 saturated carbocycles. The van der Waals surface area contributed by atoms with E-state index in [0.29, 0.717) is 25.6 Å².